The molecule has 1 aromatic heterocycles. The van der Waals surface area contributed by atoms with E-state index < -0.39 is 5.97 Å². The largest absolute Gasteiger partial charge is 0.464 e. The van der Waals surface area contributed by atoms with E-state index in [1.807, 2.05) is 25.1 Å². The van der Waals surface area contributed by atoms with Crippen molar-refractivity contribution in [3.05, 3.63) is 58.4 Å². The van der Waals surface area contributed by atoms with Gasteiger partial charge < -0.3 is 19.1 Å². The van der Waals surface area contributed by atoms with Gasteiger partial charge in [0.05, 0.1) is 13.7 Å². The average Bonchev–Trinajstić information content (AvgIpc) is 2.93. The summed E-state index contributed by atoms with van der Waals surface area (Å²) in [6.45, 7) is 4.51. The molecular weight excluding hydrogens is 370 g/mol. The number of amides is 1. The van der Waals surface area contributed by atoms with Crippen LogP contribution in [-0.4, -0.2) is 72.9 Å². The summed E-state index contributed by atoms with van der Waals surface area (Å²) < 4.78 is 6.51. The zero-order valence-corrected chi connectivity index (χ0v) is 18.0. The summed E-state index contributed by atoms with van der Waals surface area (Å²) in [7, 11) is 6.87. The molecular formula is C22H29N3O4. The van der Waals surface area contributed by atoms with E-state index in [4.69, 9.17) is 4.74 Å². The first kappa shape index (κ1) is 22.4. The minimum Gasteiger partial charge on any atom is -0.464 e. The highest BCUT2D eigenvalue weighted by Gasteiger charge is 2.27. The Bertz CT molecular complexity index is 901. The quantitative estimate of drug-likeness (QED) is 0.503. The smallest absolute Gasteiger partial charge is 0.354 e. The van der Waals surface area contributed by atoms with Crippen molar-refractivity contribution in [1.29, 1.82) is 0 Å². The Hall–Kier alpha value is -2.93. The maximum absolute atomic E-state index is 13.2. The lowest BCUT2D eigenvalue weighted by molar-refractivity contribution is 0.0588. The highest BCUT2D eigenvalue weighted by atomic mass is 16.5. The maximum atomic E-state index is 13.2. The predicted octanol–water partition coefficient (Wildman–Crippen LogP) is 2.32. The van der Waals surface area contributed by atoms with E-state index in [0.29, 0.717) is 41.2 Å². The Balaban J connectivity index is 2.35. The molecule has 0 radical (unpaired) electrons. The molecule has 0 aliphatic heterocycles. The van der Waals surface area contributed by atoms with Crippen LogP contribution in [0.4, 0.5) is 0 Å². The average molecular weight is 399 g/mol. The van der Waals surface area contributed by atoms with Crippen LogP contribution in [0.25, 0.3) is 0 Å². The second-order valence-electron chi connectivity index (χ2n) is 7.30. The van der Waals surface area contributed by atoms with Crippen molar-refractivity contribution in [2.75, 3.05) is 40.8 Å². The first-order valence-corrected chi connectivity index (χ1v) is 9.45. The van der Waals surface area contributed by atoms with Crippen molar-refractivity contribution < 1.29 is 19.1 Å². The molecule has 0 saturated heterocycles. The molecule has 7 nitrogen and oxygen atoms in total. The van der Waals surface area contributed by atoms with Crippen LogP contribution in [0.2, 0.25) is 0 Å². The molecule has 7 heteroatoms. The molecule has 0 aliphatic carbocycles. The van der Waals surface area contributed by atoms with Gasteiger partial charge in [-0.2, -0.15) is 0 Å². The summed E-state index contributed by atoms with van der Waals surface area (Å²) in [6, 6.07) is 8.92. The standard InChI is InChI=1S/C22H29N3O4/c1-15-19(16(2)24(5)20(15)22(28)29-6)18(26)14-25(13-12-23(3)4)21(27)17-10-8-7-9-11-17/h7-11H,12-14H2,1-6H3. The number of likely N-dealkylation sites (N-methyl/N-ethyl adjacent to an activating group) is 1. The van der Waals surface area contributed by atoms with Crippen LogP contribution >= 0.6 is 0 Å². The lowest BCUT2D eigenvalue weighted by Gasteiger charge is -2.24. The maximum Gasteiger partial charge on any atom is 0.354 e. The van der Waals surface area contributed by atoms with Crippen molar-refractivity contribution >= 4 is 17.7 Å². The molecule has 2 aromatic rings. The number of Topliss-reactive ketones (excluding diaryl/α,β-unsaturated/α-hetero) is 1. The van der Waals surface area contributed by atoms with Crippen molar-refractivity contribution in [3.63, 3.8) is 0 Å². The van der Waals surface area contributed by atoms with Crippen LogP contribution in [-0.2, 0) is 11.8 Å². The Morgan fingerprint density at radius 2 is 1.66 bits per heavy atom. The first-order valence-electron chi connectivity index (χ1n) is 9.45. The molecule has 0 bridgehead atoms. The molecule has 29 heavy (non-hydrogen) atoms. The van der Waals surface area contributed by atoms with Gasteiger partial charge in [0, 0.05) is 37.0 Å². The van der Waals surface area contributed by atoms with Crippen molar-refractivity contribution in [2.24, 2.45) is 7.05 Å². The van der Waals surface area contributed by atoms with E-state index in [2.05, 4.69) is 0 Å². The summed E-state index contributed by atoms with van der Waals surface area (Å²) in [5.41, 5.74) is 2.59. The van der Waals surface area contributed by atoms with Gasteiger partial charge in [0.1, 0.15) is 5.69 Å². The number of esters is 1. The van der Waals surface area contributed by atoms with Crippen LogP contribution in [0.15, 0.2) is 30.3 Å². The van der Waals surface area contributed by atoms with Crippen LogP contribution in [0.5, 0.6) is 0 Å². The number of ether oxygens (including phenoxy) is 1. The van der Waals surface area contributed by atoms with E-state index in [1.54, 1.807) is 54.6 Å². The summed E-state index contributed by atoms with van der Waals surface area (Å²) in [5, 5.41) is 0. The highest BCUT2D eigenvalue weighted by Crippen LogP contribution is 2.23. The van der Waals surface area contributed by atoms with Crippen LogP contribution in [0.3, 0.4) is 0 Å². The van der Waals surface area contributed by atoms with E-state index in [0.717, 1.165) is 0 Å². The second kappa shape index (κ2) is 9.52. The van der Waals surface area contributed by atoms with Gasteiger partial charge in [0.2, 0.25) is 0 Å². The summed E-state index contributed by atoms with van der Waals surface area (Å²) in [4.78, 5) is 41.8. The highest BCUT2D eigenvalue weighted by molar-refractivity contribution is 6.06. The molecule has 0 atom stereocenters. The molecule has 1 amide bonds. The molecule has 0 unspecified atom stereocenters. The van der Waals surface area contributed by atoms with Crippen LogP contribution in [0.1, 0.15) is 42.5 Å². The number of rotatable bonds is 8. The second-order valence-corrected chi connectivity index (χ2v) is 7.30. The normalized spacial score (nSPS) is 10.9. The predicted molar refractivity (Wildman–Crippen MR) is 111 cm³/mol. The first-order chi connectivity index (χ1) is 13.7. The van der Waals surface area contributed by atoms with Gasteiger partial charge in [-0.05, 0) is 45.6 Å². The number of carbonyl (C=O) groups excluding carboxylic acids is 3. The third-order valence-corrected chi connectivity index (χ3v) is 5.05. The Kier molecular flexibility index (Phi) is 7.34. The third-order valence-electron chi connectivity index (χ3n) is 5.05. The van der Waals surface area contributed by atoms with Crippen LogP contribution in [0, 0.1) is 13.8 Å². The number of ketones is 1. The van der Waals surface area contributed by atoms with Crippen molar-refractivity contribution in [1.82, 2.24) is 14.4 Å². The lowest BCUT2D eigenvalue weighted by atomic mass is 10.0. The number of hydrogen-bond donors (Lipinski definition) is 0. The van der Waals surface area contributed by atoms with Gasteiger partial charge in [-0.15, -0.1) is 0 Å². The van der Waals surface area contributed by atoms with Gasteiger partial charge >= 0.3 is 5.97 Å². The number of methoxy groups -OCH3 is 1. The molecule has 0 spiro atoms. The Morgan fingerprint density at radius 1 is 1.03 bits per heavy atom. The minimum absolute atomic E-state index is 0.0616. The summed E-state index contributed by atoms with van der Waals surface area (Å²) >= 11 is 0. The van der Waals surface area contributed by atoms with E-state index in [1.165, 1.54) is 7.11 Å². The fourth-order valence-corrected chi connectivity index (χ4v) is 3.36. The fraction of sp³-hybridized carbons (Fsp3) is 0.409. The van der Waals surface area contributed by atoms with Gasteiger partial charge in [-0.25, -0.2) is 4.79 Å². The van der Waals surface area contributed by atoms with E-state index in [-0.39, 0.29) is 18.2 Å². The molecule has 0 N–H and O–H groups in total. The molecule has 1 aromatic carbocycles. The molecule has 0 saturated carbocycles. The molecule has 0 fully saturated rings. The minimum atomic E-state index is -0.489. The van der Waals surface area contributed by atoms with Gasteiger partial charge in [-0.3, -0.25) is 9.59 Å². The summed E-state index contributed by atoms with van der Waals surface area (Å²) in [6.07, 6.45) is 0. The van der Waals surface area contributed by atoms with Crippen molar-refractivity contribution in [3.8, 4) is 0 Å². The topological polar surface area (TPSA) is 71.9 Å². The van der Waals surface area contributed by atoms with Crippen LogP contribution < -0.4 is 0 Å². The fourth-order valence-electron chi connectivity index (χ4n) is 3.36. The number of benzene rings is 1. The number of nitrogens with zero attached hydrogens (tertiary/aromatic N) is 3. The number of carbonyl (C=O) groups is 3. The molecule has 2 rings (SSSR count). The molecule has 1 heterocycles. The van der Waals surface area contributed by atoms with E-state index in [9.17, 15) is 14.4 Å². The van der Waals surface area contributed by atoms with Gasteiger partial charge in [0.15, 0.2) is 5.78 Å². The number of hydrogen-bond acceptors (Lipinski definition) is 5. The number of aromatic nitrogens is 1. The lowest BCUT2D eigenvalue weighted by Crippen LogP contribution is -2.40. The SMILES string of the molecule is COC(=O)c1c(C)c(C(=O)CN(CCN(C)C)C(=O)c2ccccc2)c(C)n1C. The zero-order valence-electron chi connectivity index (χ0n) is 18.0. The Labute approximate surface area is 171 Å². The van der Waals surface area contributed by atoms with Gasteiger partial charge in [-0.1, -0.05) is 18.2 Å². The van der Waals surface area contributed by atoms with E-state index >= 15 is 0 Å². The van der Waals surface area contributed by atoms with Crippen molar-refractivity contribution in [2.45, 2.75) is 13.8 Å². The zero-order chi connectivity index (χ0) is 21.7. The van der Waals surface area contributed by atoms with Gasteiger partial charge in [0.25, 0.3) is 5.91 Å². The Morgan fingerprint density at radius 3 is 2.21 bits per heavy atom. The summed E-state index contributed by atoms with van der Waals surface area (Å²) in [5.74, 6) is -0.883. The molecule has 0 aliphatic rings. The monoisotopic (exact) mass is 399 g/mol. The third kappa shape index (κ3) is 4.92. The molecule has 156 valence electrons.